The number of furan rings is 1. The molecule has 9 heavy (non-hydrogen) atoms. The third kappa shape index (κ3) is 1.52. The van der Waals surface area contributed by atoms with Crippen molar-refractivity contribution in [2.24, 2.45) is 0 Å². The van der Waals surface area contributed by atoms with Crippen molar-refractivity contribution in [1.82, 2.24) is 0 Å². The minimum atomic E-state index is 0.694. The van der Waals surface area contributed by atoms with Crippen LogP contribution in [0.15, 0.2) is 16.5 Å². The van der Waals surface area contributed by atoms with Crippen molar-refractivity contribution < 1.29 is 4.42 Å². The van der Waals surface area contributed by atoms with Crippen LogP contribution >= 0.6 is 12.6 Å². The van der Waals surface area contributed by atoms with E-state index >= 15 is 0 Å². The Labute approximate surface area is 60.5 Å². The van der Waals surface area contributed by atoms with Crippen LogP contribution in [-0.4, -0.2) is 0 Å². The lowest BCUT2D eigenvalue weighted by molar-refractivity contribution is 0.486. The summed E-state index contributed by atoms with van der Waals surface area (Å²) in [7, 11) is 0. The molecule has 1 nitrogen and oxygen atoms in total. The Kier molecular flexibility index (Phi) is 2.22. The molecule has 0 aliphatic heterocycles. The molecule has 0 radical (unpaired) electrons. The molecule has 0 atom stereocenters. The number of aryl methyl sites for hydroxylation is 1. The first-order valence-electron chi connectivity index (χ1n) is 3.05. The Morgan fingerprint density at radius 2 is 2.11 bits per heavy atom. The van der Waals surface area contributed by atoms with Crippen LogP contribution < -0.4 is 0 Å². The summed E-state index contributed by atoms with van der Waals surface area (Å²) in [6.07, 6.45) is 0.966. The van der Waals surface area contributed by atoms with Crippen molar-refractivity contribution >= 4 is 12.6 Å². The van der Waals surface area contributed by atoms with Gasteiger partial charge >= 0.3 is 0 Å². The zero-order valence-corrected chi connectivity index (χ0v) is 6.32. The van der Waals surface area contributed by atoms with Gasteiger partial charge in [-0.2, -0.15) is 12.6 Å². The average molecular weight is 142 g/mol. The number of rotatable bonds is 2. The van der Waals surface area contributed by atoms with Gasteiger partial charge in [0, 0.05) is 12.2 Å². The van der Waals surface area contributed by atoms with Crippen LogP contribution in [0.4, 0.5) is 0 Å². The van der Waals surface area contributed by atoms with E-state index in [1.165, 1.54) is 0 Å². The van der Waals surface area contributed by atoms with E-state index < -0.39 is 0 Å². The molecular weight excluding hydrogens is 132 g/mol. The van der Waals surface area contributed by atoms with Crippen LogP contribution in [0.5, 0.6) is 0 Å². The molecule has 0 fully saturated rings. The second-order valence-corrected chi connectivity index (χ2v) is 2.20. The maximum Gasteiger partial charge on any atom is 0.113 e. The molecule has 0 saturated carbocycles. The molecule has 0 aliphatic carbocycles. The number of thiol groups is 1. The number of hydrogen-bond donors (Lipinski definition) is 1. The van der Waals surface area contributed by atoms with E-state index in [9.17, 15) is 0 Å². The smallest absolute Gasteiger partial charge is 0.113 e. The van der Waals surface area contributed by atoms with Crippen molar-refractivity contribution in [3.05, 3.63) is 23.7 Å². The first kappa shape index (κ1) is 6.75. The molecular formula is C7H10OS. The standard InChI is InChI=1S/C7H10OS/c1-2-6-3-4-7(5-9)8-6/h3-4,9H,2,5H2,1H3. The van der Waals surface area contributed by atoms with E-state index in [1.54, 1.807) is 0 Å². The fraction of sp³-hybridized carbons (Fsp3) is 0.429. The predicted molar refractivity (Wildman–Crippen MR) is 40.8 cm³/mol. The topological polar surface area (TPSA) is 13.1 Å². The maximum absolute atomic E-state index is 5.31. The quantitative estimate of drug-likeness (QED) is 0.625. The van der Waals surface area contributed by atoms with Gasteiger partial charge in [-0.3, -0.25) is 0 Å². The molecule has 0 unspecified atom stereocenters. The highest BCUT2D eigenvalue weighted by molar-refractivity contribution is 7.79. The van der Waals surface area contributed by atoms with Crippen molar-refractivity contribution in [3.8, 4) is 0 Å². The van der Waals surface area contributed by atoms with Crippen LogP contribution in [0.2, 0.25) is 0 Å². The van der Waals surface area contributed by atoms with E-state index in [-0.39, 0.29) is 0 Å². The minimum Gasteiger partial charge on any atom is -0.465 e. The third-order valence-corrected chi connectivity index (χ3v) is 1.53. The predicted octanol–water partition coefficient (Wildman–Crippen LogP) is 2.27. The van der Waals surface area contributed by atoms with Gasteiger partial charge in [-0.15, -0.1) is 0 Å². The van der Waals surface area contributed by atoms with E-state index in [0.717, 1.165) is 17.9 Å². The number of hydrogen-bond acceptors (Lipinski definition) is 2. The third-order valence-electron chi connectivity index (χ3n) is 1.22. The Bertz CT molecular complexity index is 162. The Morgan fingerprint density at radius 3 is 2.44 bits per heavy atom. The maximum atomic E-state index is 5.31. The molecule has 0 saturated heterocycles. The summed E-state index contributed by atoms with van der Waals surface area (Å²) in [6.45, 7) is 2.07. The van der Waals surface area contributed by atoms with Gasteiger partial charge in [0.1, 0.15) is 11.5 Å². The van der Waals surface area contributed by atoms with Crippen LogP contribution in [0, 0.1) is 0 Å². The van der Waals surface area contributed by atoms with Crippen LogP contribution in [0.3, 0.4) is 0 Å². The molecule has 1 heterocycles. The molecule has 0 aromatic carbocycles. The average Bonchev–Trinajstić information content (AvgIpc) is 2.34. The summed E-state index contributed by atoms with van der Waals surface area (Å²) in [5.74, 6) is 2.69. The van der Waals surface area contributed by atoms with Crippen molar-refractivity contribution in [2.45, 2.75) is 19.1 Å². The van der Waals surface area contributed by atoms with Crippen LogP contribution in [0.25, 0.3) is 0 Å². The molecule has 2 heteroatoms. The zero-order valence-electron chi connectivity index (χ0n) is 5.42. The highest BCUT2D eigenvalue weighted by Crippen LogP contribution is 2.09. The lowest BCUT2D eigenvalue weighted by Gasteiger charge is -1.86. The Balaban J connectivity index is 2.74. The lowest BCUT2D eigenvalue weighted by atomic mass is 10.4. The Hall–Kier alpha value is -0.370. The van der Waals surface area contributed by atoms with Gasteiger partial charge in [0.15, 0.2) is 0 Å². The second kappa shape index (κ2) is 2.97. The van der Waals surface area contributed by atoms with E-state index in [1.807, 2.05) is 12.1 Å². The fourth-order valence-corrected chi connectivity index (χ4v) is 0.867. The Morgan fingerprint density at radius 1 is 1.44 bits per heavy atom. The highest BCUT2D eigenvalue weighted by atomic mass is 32.1. The fourth-order valence-electron chi connectivity index (χ4n) is 0.697. The molecule has 0 amide bonds. The van der Waals surface area contributed by atoms with E-state index in [2.05, 4.69) is 19.6 Å². The summed E-state index contributed by atoms with van der Waals surface area (Å²) >= 11 is 4.07. The van der Waals surface area contributed by atoms with E-state index in [4.69, 9.17) is 4.42 Å². The summed E-state index contributed by atoms with van der Waals surface area (Å²) in [6, 6.07) is 3.96. The molecule has 0 N–H and O–H groups in total. The van der Waals surface area contributed by atoms with Gasteiger partial charge in [0.25, 0.3) is 0 Å². The van der Waals surface area contributed by atoms with Crippen molar-refractivity contribution in [3.63, 3.8) is 0 Å². The largest absolute Gasteiger partial charge is 0.465 e. The SMILES string of the molecule is CCc1ccc(CS)o1. The molecule has 0 aliphatic rings. The molecule has 1 aromatic heterocycles. The zero-order chi connectivity index (χ0) is 6.69. The van der Waals surface area contributed by atoms with Gasteiger partial charge < -0.3 is 4.42 Å². The molecule has 50 valence electrons. The molecule has 0 spiro atoms. The first-order chi connectivity index (χ1) is 4.36. The minimum absolute atomic E-state index is 0.694. The van der Waals surface area contributed by atoms with Crippen molar-refractivity contribution in [2.75, 3.05) is 0 Å². The molecule has 1 rings (SSSR count). The van der Waals surface area contributed by atoms with Gasteiger partial charge in [-0.05, 0) is 12.1 Å². The monoisotopic (exact) mass is 142 g/mol. The molecule has 1 aromatic rings. The van der Waals surface area contributed by atoms with Gasteiger partial charge in [-0.1, -0.05) is 6.92 Å². The van der Waals surface area contributed by atoms with Crippen LogP contribution in [-0.2, 0) is 12.2 Å². The first-order valence-corrected chi connectivity index (χ1v) is 3.68. The molecule has 0 bridgehead atoms. The van der Waals surface area contributed by atoms with Gasteiger partial charge in [0.2, 0.25) is 0 Å². The van der Waals surface area contributed by atoms with Gasteiger partial charge in [-0.25, -0.2) is 0 Å². The van der Waals surface area contributed by atoms with Gasteiger partial charge in [0.05, 0.1) is 0 Å². The second-order valence-electron chi connectivity index (χ2n) is 1.88. The normalized spacial score (nSPS) is 10.0. The summed E-state index contributed by atoms with van der Waals surface area (Å²) in [4.78, 5) is 0. The summed E-state index contributed by atoms with van der Waals surface area (Å²) in [5.41, 5.74) is 0. The van der Waals surface area contributed by atoms with Crippen LogP contribution in [0.1, 0.15) is 18.4 Å². The summed E-state index contributed by atoms with van der Waals surface area (Å²) < 4.78 is 5.31. The van der Waals surface area contributed by atoms with E-state index in [0.29, 0.717) is 5.75 Å². The highest BCUT2D eigenvalue weighted by Gasteiger charge is 1.95. The summed E-state index contributed by atoms with van der Waals surface area (Å²) in [5, 5.41) is 0. The lowest BCUT2D eigenvalue weighted by Crippen LogP contribution is -1.70. The van der Waals surface area contributed by atoms with Crippen molar-refractivity contribution in [1.29, 1.82) is 0 Å².